The molecule has 0 unspecified atom stereocenters. The number of pyridine rings is 2. The summed E-state index contributed by atoms with van der Waals surface area (Å²) in [4.78, 5) is 21.4. The molecule has 0 atom stereocenters. The highest BCUT2D eigenvalue weighted by atomic mass is 32.2. The Kier molecular flexibility index (Phi) is 7.22. The van der Waals surface area contributed by atoms with Crippen LogP contribution < -0.4 is 10.1 Å². The summed E-state index contributed by atoms with van der Waals surface area (Å²) in [6.07, 6.45) is 1.78. The van der Waals surface area contributed by atoms with E-state index < -0.39 is 15.8 Å². The van der Waals surface area contributed by atoms with Crippen LogP contribution in [0, 0.1) is 6.92 Å². The predicted octanol–water partition coefficient (Wildman–Crippen LogP) is 4.84. The second-order valence-corrected chi connectivity index (χ2v) is 10.9. The molecular weight excluding hydrogens is 530 g/mol. The minimum Gasteiger partial charge on any atom is -0.497 e. The Morgan fingerprint density at radius 1 is 1.05 bits per heavy atom. The quantitative estimate of drug-likeness (QED) is 0.261. The third kappa shape index (κ3) is 4.75. The summed E-state index contributed by atoms with van der Waals surface area (Å²) in [5.41, 5.74) is 2.98. The summed E-state index contributed by atoms with van der Waals surface area (Å²) in [5.74, 6) is -0.610. The van der Waals surface area contributed by atoms with Crippen molar-refractivity contribution < 1.29 is 23.1 Å². The molecule has 0 saturated heterocycles. The number of carbonyl (C=O) groups is 1. The number of para-hydroxylation sites is 1. The van der Waals surface area contributed by atoms with Crippen molar-refractivity contribution >= 4 is 32.5 Å². The number of anilines is 1. The Morgan fingerprint density at radius 2 is 1.77 bits per heavy atom. The first kappa shape index (κ1) is 26.8. The molecule has 0 bridgehead atoms. The Balaban J connectivity index is 1.62. The Hall–Kier alpha value is -4.77. The van der Waals surface area contributed by atoms with Crippen LogP contribution in [0.15, 0.2) is 82.8 Å². The lowest BCUT2D eigenvalue weighted by Gasteiger charge is -2.16. The molecule has 0 saturated carbocycles. The predicted molar refractivity (Wildman–Crippen MR) is 150 cm³/mol. The third-order valence-corrected chi connectivity index (χ3v) is 8.31. The van der Waals surface area contributed by atoms with E-state index in [0.717, 1.165) is 5.69 Å². The maximum Gasteiger partial charge on any atom is 0.339 e. The van der Waals surface area contributed by atoms with Gasteiger partial charge < -0.3 is 15.2 Å². The van der Waals surface area contributed by atoms with Crippen LogP contribution in [0.1, 0.15) is 34.2 Å². The minimum atomic E-state index is -3.97. The summed E-state index contributed by atoms with van der Waals surface area (Å²) in [5, 5.41) is 18.5. The molecule has 3 aromatic heterocycles. The number of aryl methyl sites for hydroxylation is 2. The second-order valence-electron chi connectivity index (χ2n) is 9.00. The first-order valence-electron chi connectivity index (χ1n) is 12.5. The molecule has 0 aliphatic heterocycles. The van der Waals surface area contributed by atoms with Crippen molar-refractivity contribution in [3.63, 3.8) is 0 Å². The zero-order chi connectivity index (χ0) is 28.4. The van der Waals surface area contributed by atoms with E-state index in [1.165, 1.54) is 25.4 Å². The normalized spacial score (nSPS) is 11.5. The number of carboxylic acids is 1. The summed E-state index contributed by atoms with van der Waals surface area (Å²) in [6, 6.07) is 18.8. The highest BCUT2D eigenvalue weighted by Gasteiger charge is 2.27. The van der Waals surface area contributed by atoms with Gasteiger partial charge in [0, 0.05) is 18.3 Å². The lowest BCUT2D eigenvalue weighted by atomic mass is 10.1. The minimum absolute atomic E-state index is 0.00291. The molecule has 0 fully saturated rings. The maximum absolute atomic E-state index is 13.5. The van der Waals surface area contributed by atoms with Gasteiger partial charge in [-0.25, -0.2) is 27.9 Å². The van der Waals surface area contributed by atoms with Crippen molar-refractivity contribution in [3.8, 4) is 11.4 Å². The fraction of sp³-hybridized carbons (Fsp3) is 0.172. The number of fused-ring (bicyclic) bond motifs is 1. The number of carboxylic acid groups (broad SMARTS) is 1. The van der Waals surface area contributed by atoms with Gasteiger partial charge in [-0.05, 0) is 55.8 Å². The van der Waals surface area contributed by atoms with Crippen molar-refractivity contribution in [2.45, 2.75) is 36.7 Å². The van der Waals surface area contributed by atoms with Crippen LogP contribution in [0.25, 0.3) is 16.7 Å². The van der Waals surface area contributed by atoms with Crippen LogP contribution in [0.4, 0.5) is 5.69 Å². The van der Waals surface area contributed by atoms with Gasteiger partial charge in [0.2, 0.25) is 9.84 Å². The van der Waals surface area contributed by atoms with E-state index in [-0.39, 0.29) is 22.0 Å². The summed E-state index contributed by atoms with van der Waals surface area (Å²) in [7, 11) is -2.47. The molecule has 0 radical (unpaired) electrons. The number of aromatic nitrogens is 4. The van der Waals surface area contributed by atoms with Gasteiger partial charge in [0.1, 0.15) is 11.3 Å². The Labute approximate surface area is 231 Å². The van der Waals surface area contributed by atoms with E-state index >= 15 is 0 Å². The Bertz CT molecular complexity index is 1820. The van der Waals surface area contributed by atoms with E-state index in [2.05, 4.69) is 15.4 Å². The number of hydrogen-bond acceptors (Lipinski definition) is 8. The number of nitrogens with zero attached hydrogens (tertiary/aromatic N) is 4. The van der Waals surface area contributed by atoms with Crippen LogP contribution in [-0.2, 0) is 22.8 Å². The molecule has 204 valence electrons. The number of sulfone groups is 1. The van der Waals surface area contributed by atoms with Gasteiger partial charge in [-0.2, -0.15) is 5.10 Å². The molecule has 2 N–H and O–H groups in total. The highest BCUT2D eigenvalue weighted by Crippen LogP contribution is 2.34. The first-order valence-corrected chi connectivity index (χ1v) is 14.0. The van der Waals surface area contributed by atoms with Crippen molar-refractivity contribution in [3.05, 3.63) is 95.4 Å². The van der Waals surface area contributed by atoms with Crippen LogP contribution >= 0.6 is 0 Å². The number of ether oxygens (including phenoxy) is 1. The fourth-order valence-corrected chi connectivity index (χ4v) is 6.03. The number of benzene rings is 2. The molecule has 0 amide bonds. The maximum atomic E-state index is 13.5. The van der Waals surface area contributed by atoms with Gasteiger partial charge in [0.15, 0.2) is 10.7 Å². The topological polar surface area (TPSA) is 136 Å². The molecule has 2 aromatic carbocycles. The summed E-state index contributed by atoms with van der Waals surface area (Å²) in [6.45, 7) is 3.62. The number of methoxy groups -OCH3 is 1. The molecule has 5 aromatic rings. The van der Waals surface area contributed by atoms with E-state index in [1.54, 1.807) is 35.9 Å². The zero-order valence-corrected chi connectivity index (χ0v) is 22.9. The first-order chi connectivity index (χ1) is 19.3. The van der Waals surface area contributed by atoms with Crippen molar-refractivity contribution in [2.24, 2.45) is 0 Å². The van der Waals surface area contributed by atoms with Crippen LogP contribution in [0.2, 0.25) is 0 Å². The van der Waals surface area contributed by atoms with Crippen molar-refractivity contribution in [2.75, 3.05) is 12.4 Å². The molecule has 0 spiro atoms. The molecule has 10 nitrogen and oxygen atoms in total. The standard InChI is InChI=1S/C29H27N5O5S/c1-4-23-25(29(35)36)26(24-18(2)33-34(27(24)32-23)20-10-6-5-7-11-20)31-17-19-9-8-16-30-28(19)40(37,38)22-14-12-21(39-3)13-15-22/h5-16H,4,17H2,1-3H3,(H,31,32)(H,35,36). The molecule has 0 aliphatic carbocycles. The van der Waals surface area contributed by atoms with Gasteiger partial charge in [-0.3, -0.25) is 0 Å². The summed E-state index contributed by atoms with van der Waals surface area (Å²) >= 11 is 0. The second kappa shape index (κ2) is 10.8. The number of hydrogen-bond donors (Lipinski definition) is 2. The van der Waals surface area contributed by atoms with Crippen LogP contribution in [0.5, 0.6) is 5.75 Å². The lowest BCUT2D eigenvalue weighted by molar-refractivity contribution is 0.0696. The lowest BCUT2D eigenvalue weighted by Crippen LogP contribution is -2.15. The van der Waals surface area contributed by atoms with Gasteiger partial charge in [-0.15, -0.1) is 0 Å². The number of nitrogens with one attached hydrogen (secondary N) is 1. The Morgan fingerprint density at radius 3 is 2.42 bits per heavy atom. The molecule has 0 aliphatic rings. The van der Waals surface area contributed by atoms with Crippen molar-refractivity contribution in [1.29, 1.82) is 0 Å². The van der Waals surface area contributed by atoms with Crippen LogP contribution in [0.3, 0.4) is 0 Å². The third-order valence-electron chi connectivity index (χ3n) is 6.54. The van der Waals surface area contributed by atoms with Gasteiger partial charge in [0.05, 0.1) is 40.2 Å². The van der Waals surface area contributed by atoms with Crippen molar-refractivity contribution in [1.82, 2.24) is 19.7 Å². The summed E-state index contributed by atoms with van der Waals surface area (Å²) < 4.78 is 33.9. The van der Waals surface area contributed by atoms with Gasteiger partial charge >= 0.3 is 5.97 Å². The fourth-order valence-electron chi connectivity index (χ4n) is 4.63. The number of rotatable bonds is 9. The monoisotopic (exact) mass is 557 g/mol. The van der Waals surface area contributed by atoms with E-state index in [1.807, 2.05) is 37.3 Å². The van der Waals surface area contributed by atoms with E-state index in [9.17, 15) is 18.3 Å². The van der Waals surface area contributed by atoms with E-state index in [0.29, 0.717) is 45.8 Å². The SMILES string of the molecule is CCc1nc2c(c(C)nn2-c2ccccc2)c(NCc2cccnc2S(=O)(=O)c2ccc(OC)cc2)c1C(=O)O. The average Bonchev–Trinajstić information content (AvgIpc) is 3.31. The van der Waals surface area contributed by atoms with Crippen LogP contribution in [-0.4, -0.2) is 46.4 Å². The number of aromatic carboxylic acids is 1. The average molecular weight is 558 g/mol. The molecular formula is C29H27N5O5S. The van der Waals surface area contributed by atoms with E-state index in [4.69, 9.17) is 9.72 Å². The molecule has 11 heteroatoms. The largest absolute Gasteiger partial charge is 0.497 e. The van der Waals surface area contributed by atoms with Gasteiger partial charge in [-0.1, -0.05) is 31.2 Å². The van der Waals surface area contributed by atoms with Gasteiger partial charge in [0.25, 0.3) is 0 Å². The molecule has 5 rings (SSSR count). The highest BCUT2D eigenvalue weighted by molar-refractivity contribution is 7.91. The zero-order valence-electron chi connectivity index (χ0n) is 22.1. The smallest absolute Gasteiger partial charge is 0.339 e. The molecule has 3 heterocycles. The molecule has 40 heavy (non-hydrogen) atoms.